The molecule has 1 unspecified atom stereocenters. The summed E-state index contributed by atoms with van der Waals surface area (Å²) in [5.41, 5.74) is 0. The summed E-state index contributed by atoms with van der Waals surface area (Å²) in [4.78, 5) is 0.333. The summed E-state index contributed by atoms with van der Waals surface area (Å²) in [6, 6.07) is 0. The molecule has 0 radical (unpaired) electrons. The summed E-state index contributed by atoms with van der Waals surface area (Å²) in [6.07, 6.45) is 0. The Morgan fingerprint density at radius 3 is 2.40 bits per heavy atom. The fourth-order valence-corrected chi connectivity index (χ4v) is 2.71. The number of thiophene rings is 1. The number of hydrogen-bond acceptors (Lipinski definition) is 3. The van der Waals surface area contributed by atoms with Crippen LogP contribution in [0.15, 0.2) is 20.1 Å². The van der Waals surface area contributed by atoms with Gasteiger partial charge < -0.3 is 4.55 Å². The zero-order valence-electron chi connectivity index (χ0n) is 5.17. The van der Waals surface area contributed by atoms with E-state index >= 15 is 0 Å². The third-order valence-electron chi connectivity index (χ3n) is 0.762. The van der Waals surface area contributed by atoms with Gasteiger partial charge in [-0.1, -0.05) is 0 Å². The molecule has 10 heavy (non-hydrogen) atoms. The fraction of sp³-hybridized carbons (Fsp3) is 0. The normalized spacial score (nSPS) is 12.2. The van der Waals surface area contributed by atoms with Gasteiger partial charge in [-0.3, -0.25) is 4.21 Å². The predicted octanol–water partition coefficient (Wildman–Crippen LogP) is -1.25. The van der Waals surface area contributed by atoms with Gasteiger partial charge in [0.05, 0.1) is 0 Å². The van der Waals surface area contributed by atoms with Crippen molar-refractivity contribution in [1.29, 1.82) is 0 Å². The molecule has 0 aliphatic rings. The van der Waals surface area contributed by atoms with Gasteiger partial charge in [0, 0.05) is 20.1 Å². The molecule has 0 spiro atoms. The maximum atomic E-state index is 10.3. The Labute approximate surface area is 95.7 Å². The zero-order chi connectivity index (χ0) is 6.85. The van der Waals surface area contributed by atoms with Crippen LogP contribution in [0.2, 0.25) is 0 Å². The largest absolute Gasteiger partial charge is 1.00 e. The van der Waals surface area contributed by atoms with Crippen molar-refractivity contribution in [2.24, 2.45) is 0 Å². The molecule has 0 fully saturated rings. The average molecular weight is 249 g/mol. The Kier molecular flexibility index (Phi) is 5.68. The van der Waals surface area contributed by atoms with Crippen molar-refractivity contribution in [3.8, 4) is 0 Å². The van der Waals surface area contributed by atoms with Gasteiger partial charge in [-0.2, -0.15) is 0 Å². The van der Waals surface area contributed by atoms with Crippen molar-refractivity contribution in [2.45, 2.75) is 4.90 Å². The third-order valence-corrected chi connectivity index (χ3v) is 3.57. The van der Waals surface area contributed by atoms with Crippen molar-refractivity contribution in [3.05, 3.63) is 15.2 Å². The van der Waals surface area contributed by atoms with Gasteiger partial charge in [0.15, 0.2) is 0 Å². The molecule has 0 aromatic carbocycles. The van der Waals surface area contributed by atoms with Gasteiger partial charge in [-0.15, -0.1) is 11.3 Å². The smallest absolute Gasteiger partial charge is 0.768 e. The Bertz CT molecular complexity index is 237. The van der Waals surface area contributed by atoms with Gasteiger partial charge in [-0.25, -0.2) is 0 Å². The fourth-order valence-electron chi connectivity index (χ4n) is 0.389. The predicted molar refractivity (Wildman–Crippen MR) is 39.2 cm³/mol. The topological polar surface area (TPSA) is 40.1 Å². The second-order valence-corrected chi connectivity index (χ2v) is 3.83. The Morgan fingerprint density at radius 1 is 1.60 bits per heavy atom. The first-order chi connectivity index (χ1) is 4.22. The maximum Gasteiger partial charge on any atom is 1.00 e. The van der Waals surface area contributed by atoms with Crippen LogP contribution in [0.1, 0.15) is 0 Å². The third kappa shape index (κ3) is 2.73. The number of halogens is 1. The molecule has 0 saturated carbocycles. The first-order valence-corrected chi connectivity index (χ1v) is 4.84. The second kappa shape index (κ2) is 5.03. The molecule has 1 aromatic heterocycles. The standard InChI is InChI=1S/C4H3BrO2S2.Na/c5-3-1-8-2-4(3)9(6)7;/h1-2H,(H,6,7);/q;+1/p-1. The van der Waals surface area contributed by atoms with E-state index in [0.29, 0.717) is 9.37 Å². The minimum atomic E-state index is -2.10. The summed E-state index contributed by atoms with van der Waals surface area (Å²) in [5.74, 6) is 0. The number of rotatable bonds is 1. The molecule has 50 valence electrons. The quantitative estimate of drug-likeness (QED) is 0.461. The van der Waals surface area contributed by atoms with Crippen LogP contribution in [0, 0.1) is 0 Å². The maximum absolute atomic E-state index is 10.3. The second-order valence-electron chi connectivity index (χ2n) is 1.32. The van der Waals surface area contributed by atoms with E-state index in [1.54, 1.807) is 10.8 Å². The van der Waals surface area contributed by atoms with Gasteiger partial charge in [0.25, 0.3) is 0 Å². The van der Waals surface area contributed by atoms with E-state index < -0.39 is 11.1 Å². The Balaban J connectivity index is 0.000000810. The van der Waals surface area contributed by atoms with Crippen molar-refractivity contribution in [1.82, 2.24) is 0 Å². The molecule has 1 rings (SSSR count). The summed E-state index contributed by atoms with van der Waals surface area (Å²) >= 11 is 2.34. The summed E-state index contributed by atoms with van der Waals surface area (Å²) in [7, 11) is 0. The molecule has 0 saturated heterocycles. The molecule has 0 aliphatic heterocycles. The van der Waals surface area contributed by atoms with Crippen LogP contribution < -0.4 is 29.6 Å². The van der Waals surface area contributed by atoms with Crippen LogP contribution in [0.5, 0.6) is 0 Å². The molecule has 0 N–H and O–H groups in total. The Hall–Kier alpha value is 1.29. The first kappa shape index (κ1) is 11.3. The summed E-state index contributed by atoms with van der Waals surface area (Å²) in [5, 5.41) is 3.30. The van der Waals surface area contributed by atoms with Crippen molar-refractivity contribution in [3.63, 3.8) is 0 Å². The minimum absolute atomic E-state index is 0. The monoisotopic (exact) mass is 248 g/mol. The molecule has 0 amide bonds. The van der Waals surface area contributed by atoms with E-state index in [1.807, 2.05) is 0 Å². The molecule has 6 heteroatoms. The van der Waals surface area contributed by atoms with Gasteiger partial charge in [-0.05, 0) is 27.0 Å². The molecule has 1 aromatic rings. The van der Waals surface area contributed by atoms with Crippen LogP contribution in [-0.2, 0) is 11.1 Å². The van der Waals surface area contributed by atoms with E-state index in [0.717, 1.165) is 0 Å². The van der Waals surface area contributed by atoms with E-state index in [-0.39, 0.29) is 29.6 Å². The SMILES string of the molecule is O=S([O-])c1cscc1Br.[Na+]. The van der Waals surface area contributed by atoms with Crippen LogP contribution >= 0.6 is 27.3 Å². The molecular weight excluding hydrogens is 247 g/mol. The Morgan fingerprint density at radius 2 is 2.20 bits per heavy atom. The van der Waals surface area contributed by atoms with Crippen LogP contribution in [0.3, 0.4) is 0 Å². The van der Waals surface area contributed by atoms with Gasteiger partial charge in [0.1, 0.15) is 0 Å². The number of hydrogen-bond donors (Lipinski definition) is 0. The van der Waals surface area contributed by atoms with Crippen LogP contribution in [-0.4, -0.2) is 8.76 Å². The molecular formula is C4H2BrNaO2S2. The first-order valence-electron chi connectivity index (χ1n) is 2.03. The molecule has 1 atom stereocenters. The van der Waals surface area contributed by atoms with Crippen LogP contribution in [0.4, 0.5) is 0 Å². The summed E-state index contributed by atoms with van der Waals surface area (Å²) < 4.78 is 21.2. The zero-order valence-corrected chi connectivity index (χ0v) is 10.4. The van der Waals surface area contributed by atoms with Crippen molar-refractivity contribution in [2.75, 3.05) is 0 Å². The van der Waals surface area contributed by atoms with E-state index in [4.69, 9.17) is 0 Å². The van der Waals surface area contributed by atoms with E-state index in [2.05, 4.69) is 15.9 Å². The molecule has 1 heterocycles. The van der Waals surface area contributed by atoms with Crippen molar-refractivity contribution >= 4 is 38.3 Å². The molecule has 0 bridgehead atoms. The van der Waals surface area contributed by atoms with Crippen LogP contribution in [0.25, 0.3) is 0 Å². The van der Waals surface area contributed by atoms with E-state index in [1.165, 1.54) is 11.3 Å². The molecule has 2 nitrogen and oxygen atoms in total. The molecule has 0 aliphatic carbocycles. The van der Waals surface area contributed by atoms with Crippen molar-refractivity contribution < 1.29 is 38.3 Å². The summed E-state index contributed by atoms with van der Waals surface area (Å²) in [6.45, 7) is 0. The van der Waals surface area contributed by atoms with Gasteiger partial charge in [0.2, 0.25) is 0 Å². The minimum Gasteiger partial charge on any atom is -0.768 e. The van der Waals surface area contributed by atoms with Gasteiger partial charge >= 0.3 is 29.6 Å². The van der Waals surface area contributed by atoms with E-state index in [9.17, 15) is 8.76 Å². The average Bonchev–Trinajstić information content (AvgIpc) is 2.13.